The van der Waals surface area contributed by atoms with E-state index in [1.165, 1.54) is 5.69 Å². The predicted molar refractivity (Wildman–Crippen MR) is 106 cm³/mol. The molecule has 4 nitrogen and oxygen atoms in total. The monoisotopic (exact) mass is 387 g/mol. The minimum absolute atomic E-state index is 0.714. The topological polar surface area (TPSA) is 32.5 Å². The molecule has 0 radical (unpaired) electrons. The largest absolute Gasteiger partial charge is 0.439 e. The average Bonchev–Trinajstić information content (AvgIpc) is 3.11. The molecule has 0 aliphatic carbocycles. The van der Waals surface area contributed by atoms with Crippen LogP contribution in [0.5, 0.6) is 0 Å². The maximum Gasteiger partial charge on any atom is 0.209 e. The second-order valence-electron chi connectivity index (χ2n) is 6.37. The van der Waals surface area contributed by atoms with E-state index < -0.39 is 0 Å². The van der Waals surface area contributed by atoms with Crippen molar-refractivity contribution in [2.45, 2.75) is 6.54 Å². The molecule has 0 atom stereocenters. The van der Waals surface area contributed by atoms with Gasteiger partial charge in [0, 0.05) is 47.5 Å². The standard InChI is InChI=1S/C20H19Cl2N3O/c21-16-6-4-15(5-7-16)19-13-23-20(26-19)14-24-8-10-25(11-9-24)18-3-1-2-17(22)12-18/h1-7,12-13H,8-11,14H2. The SMILES string of the molecule is Clc1ccc(-c2cnc(CN3CCN(c4cccc(Cl)c4)CC3)o2)cc1. The Hall–Kier alpha value is -2.01. The van der Waals surface area contributed by atoms with Crippen LogP contribution in [0.2, 0.25) is 10.0 Å². The lowest BCUT2D eigenvalue weighted by molar-refractivity contribution is 0.227. The van der Waals surface area contributed by atoms with E-state index in [1.807, 2.05) is 42.5 Å². The summed E-state index contributed by atoms with van der Waals surface area (Å²) in [6.45, 7) is 4.57. The smallest absolute Gasteiger partial charge is 0.209 e. The lowest BCUT2D eigenvalue weighted by Crippen LogP contribution is -2.46. The van der Waals surface area contributed by atoms with Gasteiger partial charge in [0.2, 0.25) is 5.89 Å². The number of nitrogens with zero attached hydrogens (tertiary/aromatic N) is 3. The Balaban J connectivity index is 1.35. The minimum atomic E-state index is 0.714. The summed E-state index contributed by atoms with van der Waals surface area (Å²) in [5.74, 6) is 1.51. The van der Waals surface area contributed by atoms with Crippen molar-refractivity contribution in [2.24, 2.45) is 0 Å². The van der Waals surface area contributed by atoms with E-state index in [1.54, 1.807) is 6.20 Å². The van der Waals surface area contributed by atoms with Gasteiger partial charge in [-0.3, -0.25) is 4.90 Å². The maximum atomic E-state index is 6.10. The zero-order valence-electron chi connectivity index (χ0n) is 14.2. The Morgan fingerprint density at radius 3 is 2.42 bits per heavy atom. The quantitative estimate of drug-likeness (QED) is 0.632. The van der Waals surface area contributed by atoms with Crippen molar-refractivity contribution in [3.8, 4) is 11.3 Å². The number of hydrogen-bond donors (Lipinski definition) is 0. The van der Waals surface area contributed by atoms with Crippen molar-refractivity contribution in [1.82, 2.24) is 9.88 Å². The van der Waals surface area contributed by atoms with Crippen molar-refractivity contribution >= 4 is 28.9 Å². The molecule has 0 saturated carbocycles. The third-order valence-corrected chi connectivity index (χ3v) is 5.07. The molecule has 1 fully saturated rings. The van der Waals surface area contributed by atoms with Gasteiger partial charge in [-0.15, -0.1) is 0 Å². The van der Waals surface area contributed by atoms with Gasteiger partial charge in [0.25, 0.3) is 0 Å². The Morgan fingerprint density at radius 1 is 0.923 bits per heavy atom. The molecule has 1 aliphatic heterocycles. The number of aromatic nitrogens is 1. The summed E-state index contributed by atoms with van der Waals surface area (Å²) in [6.07, 6.45) is 1.78. The third-order valence-electron chi connectivity index (χ3n) is 4.59. The van der Waals surface area contributed by atoms with Gasteiger partial charge in [-0.25, -0.2) is 4.98 Å². The highest BCUT2D eigenvalue weighted by molar-refractivity contribution is 6.31. The van der Waals surface area contributed by atoms with E-state index in [2.05, 4.69) is 20.9 Å². The molecule has 26 heavy (non-hydrogen) atoms. The van der Waals surface area contributed by atoms with Gasteiger partial charge in [0.15, 0.2) is 5.76 Å². The van der Waals surface area contributed by atoms with Crippen LogP contribution in [0, 0.1) is 0 Å². The highest BCUT2D eigenvalue weighted by atomic mass is 35.5. The van der Waals surface area contributed by atoms with E-state index in [-0.39, 0.29) is 0 Å². The van der Waals surface area contributed by atoms with Crippen molar-refractivity contribution in [1.29, 1.82) is 0 Å². The molecule has 0 unspecified atom stereocenters. The normalized spacial score (nSPS) is 15.4. The lowest BCUT2D eigenvalue weighted by atomic mass is 10.2. The molecule has 0 bridgehead atoms. The van der Waals surface area contributed by atoms with Crippen LogP contribution in [0.1, 0.15) is 5.89 Å². The summed E-state index contributed by atoms with van der Waals surface area (Å²) in [7, 11) is 0. The molecule has 2 aromatic carbocycles. The number of anilines is 1. The zero-order valence-corrected chi connectivity index (χ0v) is 15.7. The summed E-state index contributed by atoms with van der Waals surface area (Å²) in [5.41, 5.74) is 2.16. The first-order valence-electron chi connectivity index (χ1n) is 8.61. The van der Waals surface area contributed by atoms with Crippen LogP contribution in [-0.4, -0.2) is 36.1 Å². The molecule has 0 spiro atoms. The molecule has 134 valence electrons. The van der Waals surface area contributed by atoms with Gasteiger partial charge in [0.05, 0.1) is 12.7 Å². The molecule has 1 aromatic heterocycles. The lowest BCUT2D eigenvalue weighted by Gasteiger charge is -2.35. The molecule has 1 saturated heterocycles. The zero-order chi connectivity index (χ0) is 17.9. The Bertz CT molecular complexity index is 871. The molecule has 6 heteroatoms. The maximum absolute atomic E-state index is 6.10. The van der Waals surface area contributed by atoms with Gasteiger partial charge in [-0.1, -0.05) is 29.3 Å². The van der Waals surface area contributed by atoms with Crippen molar-refractivity contribution < 1.29 is 4.42 Å². The first kappa shape index (κ1) is 17.4. The van der Waals surface area contributed by atoms with Crippen molar-refractivity contribution in [3.63, 3.8) is 0 Å². The minimum Gasteiger partial charge on any atom is -0.439 e. The second kappa shape index (κ2) is 7.70. The van der Waals surface area contributed by atoms with Gasteiger partial charge in [-0.05, 0) is 42.5 Å². The molecule has 1 aliphatic rings. The fraction of sp³-hybridized carbons (Fsp3) is 0.250. The predicted octanol–water partition coefficient (Wildman–Crippen LogP) is 4.97. The van der Waals surface area contributed by atoms with Crippen LogP contribution in [0.3, 0.4) is 0 Å². The molecule has 0 N–H and O–H groups in total. The van der Waals surface area contributed by atoms with Gasteiger partial charge in [0.1, 0.15) is 0 Å². The number of hydrogen-bond acceptors (Lipinski definition) is 4. The van der Waals surface area contributed by atoms with Gasteiger partial charge < -0.3 is 9.32 Å². The molecule has 2 heterocycles. The Labute approximate surface area is 163 Å². The molecule has 0 amide bonds. The third kappa shape index (κ3) is 4.04. The first-order chi connectivity index (χ1) is 12.7. The van der Waals surface area contributed by atoms with Crippen LogP contribution in [0.15, 0.2) is 59.1 Å². The number of halogens is 2. The fourth-order valence-electron chi connectivity index (χ4n) is 3.16. The molecular weight excluding hydrogens is 369 g/mol. The van der Waals surface area contributed by atoms with E-state index in [4.69, 9.17) is 27.6 Å². The summed E-state index contributed by atoms with van der Waals surface area (Å²) in [5, 5.41) is 1.49. The Kier molecular flexibility index (Phi) is 5.16. The Morgan fingerprint density at radius 2 is 1.69 bits per heavy atom. The number of piperazine rings is 1. The number of rotatable bonds is 4. The second-order valence-corrected chi connectivity index (χ2v) is 7.24. The number of benzene rings is 2. The van der Waals surface area contributed by atoms with Crippen molar-refractivity contribution in [2.75, 3.05) is 31.1 Å². The highest BCUT2D eigenvalue weighted by Gasteiger charge is 2.19. The van der Waals surface area contributed by atoms with Gasteiger partial charge in [-0.2, -0.15) is 0 Å². The van der Waals surface area contributed by atoms with Crippen LogP contribution in [0.4, 0.5) is 5.69 Å². The number of oxazole rings is 1. The summed E-state index contributed by atoms with van der Waals surface area (Å²) in [6, 6.07) is 15.6. The molecule has 3 aromatic rings. The van der Waals surface area contributed by atoms with Crippen LogP contribution in [0.25, 0.3) is 11.3 Å². The summed E-state index contributed by atoms with van der Waals surface area (Å²) in [4.78, 5) is 9.14. The summed E-state index contributed by atoms with van der Waals surface area (Å²) >= 11 is 12.0. The van der Waals surface area contributed by atoms with E-state index >= 15 is 0 Å². The molecule has 4 rings (SSSR count). The van der Waals surface area contributed by atoms with E-state index in [9.17, 15) is 0 Å². The first-order valence-corrected chi connectivity index (χ1v) is 9.36. The molecular formula is C20H19Cl2N3O. The van der Waals surface area contributed by atoms with Crippen LogP contribution < -0.4 is 4.90 Å². The van der Waals surface area contributed by atoms with Crippen LogP contribution >= 0.6 is 23.2 Å². The fourth-order valence-corrected chi connectivity index (χ4v) is 3.47. The highest BCUT2D eigenvalue weighted by Crippen LogP contribution is 2.24. The van der Waals surface area contributed by atoms with Gasteiger partial charge >= 0.3 is 0 Å². The van der Waals surface area contributed by atoms with E-state index in [0.717, 1.165) is 55.0 Å². The van der Waals surface area contributed by atoms with E-state index in [0.29, 0.717) is 5.02 Å². The average molecular weight is 388 g/mol. The summed E-state index contributed by atoms with van der Waals surface area (Å²) < 4.78 is 5.91. The van der Waals surface area contributed by atoms with Crippen LogP contribution in [-0.2, 0) is 6.54 Å². The van der Waals surface area contributed by atoms with Crippen molar-refractivity contribution in [3.05, 3.63) is 70.7 Å².